The van der Waals surface area contributed by atoms with Crippen LogP contribution in [0.3, 0.4) is 0 Å². The minimum Gasteiger partial charge on any atom is -0.493 e. The summed E-state index contributed by atoms with van der Waals surface area (Å²) in [5.41, 5.74) is 5.82. The van der Waals surface area contributed by atoms with Gasteiger partial charge in [0.1, 0.15) is 0 Å². The van der Waals surface area contributed by atoms with E-state index in [0.29, 0.717) is 17.1 Å². The van der Waals surface area contributed by atoms with Crippen LogP contribution in [0, 0.1) is 5.41 Å². The zero-order valence-electron chi connectivity index (χ0n) is 16.9. The van der Waals surface area contributed by atoms with Gasteiger partial charge in [-0.2, -0.15) is 4.98 Å². The van der Waals surface area contributed by atoms with E-state index < -0.39 is 5.91 Å². The second kappa shape index (κ2) is 8.57. The van der Waals surface area contributed by atoms with E-state index in [1.165, 1.54) is 7.11 Å². The number of hydrogen-bond donors (Lipinski definition) is 2. The smallest absolute Gasteiger partial charge is 0.271 e. The molecule has 3 N–H and O–H groups in total. The molecule has 2 heterocycles. The van der Waals surface area contributed by atoms with Crippen LogP contribution in [0.25, 0.3) is 11.4 Å². The van der Waals surface area contributed by atoms with Crippen molar-refractivity contribution in [3.8, 4) is 34.5 Å². The molecule has 160 valence electrons. The van der Waals surface area contributed by atoms with Crippen molar-refractivity contribution >= 4 is 5.91 Å². The number of aromatic nitrogens is 3. The Kier molecular flexibility index (Phi) is 5.68. The number of aliphatic hydroxyl groups is 1. The minimum atomic E-state index is -0.796. The van der Waals surface area contributed by atoms with Gasteiger partial charge in [0.05, 0.1) is 20.3 Å². The second-order valence-electron chi connectivity index (χ2n) is 7.33. The predicted molar refractivity (Wildman–Crippen MR) is 111 cm³/mol. The first-order valence-corrected chi connectivity index (χ1v) is 9.72. The highest BCUT2D eigenvalue weighted by Gasteiger charge is 2.43. The third-order valence-corrected chi connectivity index (χ3v) is 5.10. The summed E-state index contributed by atoms with van der Waals surface area (Å²) < 4.78 is 17.3. The van der Waals surface area contributed by atoms with Crippen LogP contribution < -0.4 is 19.9 Å². The van der Waals surface area contributed by atoms with Gasteiger partial charge >= 0.3 is 0 Å². The lowest BCUT2D eigenvalue weighted by Crippen LogP contribution is -2.20. The third kappa shape index (κ3) is 4.41. The number of carbonyl (C=O) groups excluding carboxylic acids is 1. The average molecular weight is 422 g/mol. The largest absolute Gasteiger partial charge is 0.493 e. The highest BCUT2D eigenvalue weighted by Crippen LogP contribution is 2.46. The molecule has 1 aliphatic rings. The van der Waals surface area contributed by atoms with Gasteiger partial charge in [-0.25, -0.2) is 4.98 Å². The lowest BCUT2D eigenvalue weighted by Gasteiger charge is -2.18. The molecule has 2 aromatic heterocycles. The molecule has 3 aromatic rings. The van der Waals surface area contributed by atoms with Crippen LogP contribution in [-0.2, 0) is 0 Å². The number of nitrogens with zero attached hydrogens (tertiary/aromatic N) is 3. The summed E-state index contributed by atoms with van der Waals surface area (Å²) in [5, 5.41) is 9.64. The number of hydrogen-bond acceptors (Lipinski definition) is 8. The number of carbonyl (C=O) groups is 1. The molecule has 0 radical (unpaired) electrons. The number of aliphatic hydroxyl groups excluding tert-OH is 1. The molecule has 1 saturated carbocycles. The fraction of sp³-hybridized carbons (Fsp3) is 0.273. The molecule has 1 aromatic carbocycles. The van der Waals surface area contributed by atoms with E-state index in [4.69, 9.17) is 19.9 Å². The van der Waals surface area contributed by atoms with Crippen LogP contribution in [0.4, 0.5) is 0 Å². The van der Waals surface area contributed by atoms with Crippen molar-refractivity contribution in [3.63, 3.8) is 0 Å². The van der Waals surface area contributed by atoms with Crippen molar-refractivity contribution in [1.29, 1.82) is 0 Å². The van der Waals surface area contributed by atoms with E-state index >= 15 is 0 Å². The number of rotatable bonds is 9. The molecule has 9 heteroatoms. The molecule has 0 bridgehead atoms. The van der Waals surface area contributed by atoms with Gasteiger partial charge in [0, 0.05) is 23.4 Å². The van der Waals surface area contributed by atoms with Crippen molar-refractivity contribution in [2.75, 3.05) is 20.3 Å². The van der Waals surface area contributed by atoms with Crippen molar-refractivity contribution in [2.45, 2.75) is 12.8 Å². The van der Waals surface area contributed by atoms with Gasteiger partial charge in [0.15, 0.2) is 23.0 Å². The molecule has 1 fully saturated rings. The quantitative estimate of drug-likeness (QED) is 0.538. The Labute approximate surface area is 178 Å². The van der Waals surface area contributed by atoms with E-state index in [0.717, 1.165) is 12.8 Å². The number of para-hydroxylation sites is 2. The number of methoxy groups -OCH3 is 1. The summed E-state index contributed by atoms with van der Waals surface area (Å²) in [5.74, 6) is 0.296. The van der Waals surface area contributed by atoms with Crippen LogP contribution >= 0.6 is 0 Å². The lowest BCUT2D eigenvalue weighted by atomic mass is 10.1. The molecule has 0 aliphatic heterocycles. The van der Waals surface area contributed by atoms with Gasteiger partial charge in [-0.15, -0.1) is 0 Å². The monoisotopic (exact) mass is 422 g/mol. The number of amides is 1. The third-order valence-electron chi connectivity index (χ3n) is 5.10. The molecule has 31 heavy (non-hydrogen) atoms. The highest BCUT2D eigenvalue weighted by atomic mass is 16.5. The Hall–Kier alpha value is -3.72. The van der Waals surface area contributed by atoms with E-state index in [9.17, 15) is 9.90 Å². The van der Waals surface area contributed by atoms with Crippen LogP contribution in [0.2, 0.25) is 0 Å². The van der Waals surface area contributed by atoms with Gasteiger partial charge in [-0.1, -0.05) is 12.1 Å². The van der Waals surface area contributed by atoms with Gasteiger partial charge < -0.3 is 25.1 Å². The first-order valence-electron chi connectivity index (χ1n) is 9.72. The molecule has 1 amide bonds. The summed E-state index contributed by atoms with van der Waals surface area (Å²) in [6, 6.07) is 10.4. The van der Waals surface area contributed by atoms with Crippen LogP contribution in [0.5, 0.6) is 23.1 Å². The minimum absolute atomic E-state index is 0.000665. The normalized spacial score (nSPS) is 14.0. The number of primary amides is 1. The van der Waals surface area contributed by atoms with Crippen molar-refractivity contribution in [2.24, 2.45) is 11.1 Å². The topological polar surface area (TPSA) is 130 Å². The number of nitrogens with two attached hydrogens (primary N) is 1. The molecular weight excluding hydrogens is 400 g/mol. The molecule has 0 saturated heterocycles. The average Bonchev–Trinajstić information content (AvgIpc) is 3.59. The highest BCUT2D eigenvalue weighted by molar-refractivity contribution is 5.95. The van der Waals surface area contributed by atoms with E-state index in [1.807, 2.05) is 0 Å². The molecule has 0 spiro atoms. The molecule has 9 nitrogen and oxygen atoms in total. The van der Waals surface area contributed by atoms with Gasteiger partial charge in [-0.3, -0.25) is 9.78 Å². The SMILES string of the molecule is COc1ccccc1Oc1c(OCC2(CO)CC2)nc(-c2ccncc2)nc1C(N)=O. The number of pyridine rings is 1. The molecule has 4 rings (SSSR count). The fourth-order valence-corrected chi connectivity index (χ4v) is 2.98. The molecule has 0 atom stereocenters. The predicted octanol–water partition coefficient (Wildman–Crippen LogP) is 2.59. The lowest BCUT2D eigenvalue weighted by molar-refractivity contribution is 0.0990. The van der Waals surface area contributed by atoms with Gasteiger partial charge in [0.25, 0.3) is 11.8 Å². The van der Waals surface area contributed by atoms with Crippen molar-refractivity contribution in [1.82, 2.24) is 15.0 Å². The maximum Gasteiger partial charge on any atom is 0.271 e. The molecule has 1 aliphatic carbocycles. The Bertz CT molecular complexity index is 1090. The Morgan fingerprint density at radius 1 is 1.13 bits per heavy atom. The summed E-state index contributed by atoms with van der Waals surface area (Å²) >= 11 is 0. The van der Waals surface area contributed by atoms with Crippen LogP contribution in [0.1, 0.15) is 23.3 Å². The van der Waals surface area contributed by atoms with Gasteiger partial charge in [0.2, 0.25) is 5.75 Å². The first-order chi connectivity index (χ1) is 15.0. The van der Waals surface area contributed by atoms with Crippen molar-refractivity contribution < 1.29 is 24.1 Å². The summed E-state index contributed by atoms with van der Waals surface area (Å²) in [7, 11) is 1.51. The zero-order valence-corrected chi connectivity index (χ0v) is 16.9. The number of ether oxygens (including phenoxy) is 3. The summed E-state index contributed by atoms with van der Waals surface area (Å²) in [4.78, 5) is 25.1. The summed E-state index contributed by atoms with van der Waals surface area (Å²) in [6.07, 6.45) is 4.87. The maximum atomic E-state index is 12.3. The Morgan fingerprint density at radius 3 is 2.45 bits per heavy atom. The van der Waals surface area contributed by atoms with E-state index in [1.54, 1.807) is 48.8 Å². The standard InChI is InChI=1S/C22H22N4O5/c1-29-15-4-2-3-5-16(15)31-18-17(19(23)28)25-20(14-6-10-24-11-7-14)26-21(18)30-13-22(12-27)8-9-22/h2-7,10-11,27H,8-9,12-13H2,1H3,(H2,23,28). The van der Waals surface area contributed by atoms with E-state index in [2.05, 4.69) is 15.0 Å². The molecular formula is C22H22N4O5. The Balaban J connectivity index is 1.80. The number of benzene rings is 1. The van der Waals surface area contributed by atoms with Crippen LogP contribution in [-0.4, -0.2) is 46.3 Å². The first kappa shape index (κ1) is 20.5. The fourth-order valence-electron chi connectivity index (χ4n) is 2.98. The maximum absolute atomic E-state index is 12.3. The van der Waals surface area contributed by atoms with Crippen molar-refractivity contribution in [3.05, 3.63) is 54.5 Å². The summed E-state index contributed by atoms with van der Waals surface area (Å²) in [6.45, 7) is 0.220. The zero-order chi connectivity index (χ0) is 21.8. The molecule has 0 unspecified atom stereocenters. The Morgan fingerprint density at radius 2 is 1.84 bits per heavy atom. The second-order valence-corrected chi connectivity index (χ2v) is 7.33. The van der Waals surface area contributed by atoms with Crippen LogP contribution in [0.15, 0.2) is 48.8 Å². The van der Waals surface area contributed by atoms with E-state index in [-0.39, 0.29) is 41.8 Å². The van der Waals surface area contributed by atoms with Gasteiger partial charge in [-0.05, 0) is 37.1 Å².